The third-order valence-electron chi connectivity index (χ3n) is 2.70. The summed E-state index contributed by atoms with van der Waals surface area (Å²) in [5, 5.41) is 0. The summed E-state index contributed by atoms with van der Waals surface area (Å²) in [5.74, 6) is 0.744. The van der Waals surface area contributed by atoms with Crippen LogP contribution >= 0.6 is 0 Å². The minimum Gasteiger partial charge on any atom is -0.265 e. The van der Waals surface area contributed by atoms with Gasteiger partial charge in [0.1, 0.15) is 0 Å². The molecule has 0 N–H and O–H groups in total. The number of rotatable bonds is 2. The van der Waals surface area contributed by atoms with E-state index in [9.17, 15) is 0 Å². The maximum absolute atomic E-state index is 4.26. The van der Waals surface area contributed by atoms with Crippen LogP contribution in [0.4, 0.5) is 0 Å². The van der Waals surface area contributed by atoms with Gasteiger partial charge in [0.05, 0.1) is 0 Å². The molecule has 86 valence electrons. The van der Waals surface area contributed by atoms with E-state index in [4.69, 9.17) is 0 Å². The maximum atomic E-state index is 4.26. The normalized spacial score (nSPS) is 10.2. The fourth-order valence-electron chi connectivity index (χ4n) is 1.83. The molecule has 0 aliphatic rings. The van der Waals surface area contributed by atoms with Crippen molar-refractivity contribution in [3.05, 3.63) is 67.3 Å². The van der Waals surface area contributed by atoms with E-state index >= 15 is 0 Å². The quantitative estimate of drug-likeness (QED) is 0.682. The first-order valence-corrected chi connectivity index (χ1v) is 5.71. The van der Waals surface area contributed by atoms with Gasteiger partial charge in [-0.25, -0.2) is 9.97 Å². The van der Waals surface area contributed by atoms with Gasteiger partial charge in [0.2, 0.25) is 0 Å². The molecule has 0 spiro atoms. The van der Waals surface area contributed by atoms with Crippen molar-refractivity contribution in [3.63, 3.8) is 0 Å². The Bertz CT molecular complexity index is 581. The number of benzene rings is 1. The first kappa shape index (κ1) is 10.6. The van der Waals surface area contributed by atoms with Crippen LogP contribution < -0.4 is 0 Å². The van der Waals surface area contributed by atoms with Crippen LogP contribution in [0, 0.1) is 0 Å². The lowest BCUT2D eigenvalue weighted by atomic mass is 10.0. The highest BCUT2D eigenvalue weighted by Gasteiger charge is 2.02. The molecule has 0 fully saturated rings. The second kappa shape index (κ2) is 4.75. The molecule has 3 nitrogen and oxygen atoms in total. The summed E-state index contributed by atoms with van der Waals surface area (Å²) >= 11 is 0. The van der Waals surface area contributed by atoms with Gasteiger partial charge in [-0.15, -0.1) is 0 Å². The number of aromatic nitrogens is 3. The van der Waals surface area contributed by atoms with Crippen LogP contribution in [0.15, 0.2) is 67.3 Å². The van der Waals surface area contributed by atoms with Crippen molar-refractivity contribution in [1.82, 2.24) is 15.0 Å². The van der Waals surface area contributed by atoms with Crippen molar-refractivity contribution >= 4 is 0 Å². The first-order chi connectivity index (χ1) is 8.93. The van der Waals surface area contributed by atoms with Crippen molar-refractivity contribution < 1.29 is 0 Å². The molecule has 3 heteroatoms. The molecular weight excluding hydrogens is 222 g/mol. The average Bonchev–Trinajstić information content (AvgIpc) is 2.49. The van der Waals surface area contributed by atoms with Gasteiger partial charge in [-0.3, -0.25) is 4.98 Å². The molecule has 0 unspecified atom stereocenters. The van der Waals surface area contributed by atoms with Gasteiger partial charge < -0.3 is 0 Å². The van der Waals surface area contributed by atoms with Crippen LogP contribution in [-0.2, 0) is 0 Å². The summed E-state index contributed by atoms with van der Waals surface area (Å²) < 4.78 is 0. The van der Waals surface area contributed by atoms with Crippen LogP contribution in [0.3, 0.4) is 0 Å². The largest absolute Gasteiger partial charge is 0.265 e. The van der Waals surface area contributed by atoms with E-state index in [1.165, 1.54) is 0 Å². The molecule has 0 amide bonds. The highest BCUT2D eigenvalue weighted by Crippen LogP contribution is 2.23. The van der Waals surface area contributed by atoms with Crippen LogP contribution in [0.25, 0.3) is 22.5 Å². The Morgan fingerprint density at radius 3 is 2.11 bits per heavy atom. The molecule has 3 aromatic rings. The third kappa shape index (κ3) is 2.11. The molecule has 1 aromatic carbocycles. The third-order valence-corrected chi connectivity index (χ3v) is 2.70. The smallest absolute Gasteiger partial charge is 0.159 e. The molecule has 3 rings (SSSR count). The van der Waals surface area contributed by atoms with Crippen LogP contribution in [0.1, 0.15) is 0 Å². The number of nitrogens with zero attached hydrogens (tertiary/aromatic N) is 3. The second-order valence-electron chi connectivity index (χ2n) is 3.89. The molecule has 0 aliphatic heterocycles. The van der Waals surface area contributed by atoms with Crippen molar-refractivity contribution in [1.29, 1.82) is 0 Å². The monoisotopic (exact) mass is 233 g/mol. The number of pyridine rings is 1. The van der Waals surface area contributed by atoms with E-state index in [0.717, 1.165) is 22.5 Å². The predicted molar refractivity (Wildman–Crippen MR) is 70.7 cm³/mol. The lowest BCUT2D eigenvalue weighted by molar-refractivity contribution is 1.18. The number of hydrogen-bond donors (Lipinski definition) is 0. The standard InChI is InChI=1S/C15H11N3/c1-3-13(12-5-9-16-10-6-12)11-14(4-1)15-17-7-2-8-18-15/h1-11H. The molecule has 0 radical (unpaired) electrons. The van der Waals surface area contributed by atoms with Gasteiger partial charge in [-0.1, -0.05) is 18.2 Å². The Kier molecular flexibility index (Phi) is 2.80. The van der Waals surface area contributed by atoms with E-state index in [2.05, 4.69) is 27.1 Å². The molecule has 18 heavy (non-hydrogen) atoms. The molecular formula is C15H11N3. The molecule has 0 saturated carbocycles. The topological polar surface area (TPSA) is 38.7 Å². The Balaban J connectivity index is 2.05. The summed E-state index contributed by atoms with van der Waals surface area (Å²) in [4.78, 5) is 12.5. The van der Waals surface area contributed by atoms with Crippen molar-refractivity contribution in [3.8, 4) is 22.5 Å². The molecule has 2 heterocycles. The fourth-order valence-corrected chi connectivity index (χ4v) is 1.83. The lowest BCUT2D eigenvalue weighted by Crippen LogP contribution is -1.87. The second-order valence-corrected chi connectivity index (χ2v) is 3.89. The molecule has 2 aromatic heterocycles. The summed E-state index contributed by atoms with van der Waals surface area (Å²) in [6, 6.07) is 14.0. The fraction of sp³-hybridized carbons (Fsp3) is 0. The van der Waals surface area contributed by atoms with Crippen molar-refractivity contribution in [2.24, 2.45) is 0 Å². The van der Waals surface area contributed by atoms with Crippen molar-refractivity contribution in [2.75, 3.05) is 0 Å². The minimum absolute atomic E-state index is 0.744. The lowest BCUT2D eigenvalue weighted by Gasteiger charge is -2.04. The van der Waals surface area contributed by atoms with Gasteiger partial charge in [0.15, 0.2) is 5.82 Å². The predicted octanol–water partition coefficient (Wildman–Crippen LogP) is 3.21. The van der Waals surface area contributed by atoms with Gasteiger partial charge >= 0.3 is 0 Å². The first-order valence-electron chi connectivity index (χ1n) is 5.71. The summed E-state index contributed by atoms with van der Waals surface area (Å²) in [5.41, 5.74) is 3.30. The van der Waals surface area contributed by atoms with Gasteiger partial charge in [-0.05, 0) is 35.4 Å². The van der Waals surface area contributed by atoms with Gasteiger partial charge in [-0.2, -0.15) is 0 Å². The minimum atomic E-state index is 0.744. The van der Waals surface area contributed by atoms with E-state index < -0.39 is 0 Å². The van der Waals surface area contributed by atoms with Gasteiger partial charge in [0, 0.05) is 30.4 Å². The van der Waals surface area contributed by atoms with Crippen molar-refractivity contribution in [2.45, 2.75) is 0 Å². The molecule has 0 atom stereocenters. The maximum Gasteiger partial charge on any atom is 0.159 e. The Hall–Kier alpha value is -2.55. The van der Waals surface area contributed by atoms with Crippen LogP contribution in [-0.4, -0.2) is 15.0 Å². The zero-order chi connectivity index (χ0) is 12.2. The Morgan fingerprint density at radius 2 is 1.33 bits per heavy atom. The Morgan fingerprint density at radius 1 is 0.611 bits per heavy atom. The number of hydrogen-bond acceptors (Lipinski definition) is 3. The van der Waals surface area contributed by atoms with E-state index in [0.29, 0.717) is 0 Å². The molecule has 0 bridgehead atoms. The highest BCUT2D eigenvalue weighted by molar-refractivity contribution is 5.69. The van der Waals surface area contributed by atoms with E-state index in [1.807, 2.05) is 30.3 Å². The summed E-state index contributed by atoms with van der Waals surface area (Å²) in [7, 11) is 0. The zero-order valence-electron chi connectivity index (χ0n) is 9.69. The summed E-state index contributed by atoms with van der Waals surface area (Å²) in [6.07, 6.45) is 7.09. The molecule has 0 saturated heterocycles. The van der Waals surface area contributed by atoms with E-state index in [-0.39, 0.29) is 0 Å². The highest BCUT2D eigenvalue weighted by atomic mass is 14.8. The average molecular weight is 233 g/mol. The summed E-state index contributed by atoms with van der Waals surface area (Å²) in [6.45, 7) is 0. The Labute approximate surface area is 105 Å². The van der Waals surface area contributed by atoms with E-state index in [1.54, 1.807) is 24.8 Å². The molecule has 0 aliphatic carbocycles. The zero-order valence-corrected chi connectivity index (χ0v) is 9.69. The van der Waals surface area contributed by atoms with Crippen LogP contribution in [0.5, 0.6) is 0 Å². The van der Waals surface area contributed by atoms with Gasteiger partial charge in [0.25, 0.3) is 0 Å². The SMILES string of the molecule is c1cnc(-c2cccc(-c3ccncc3)c2)nc1. The van der Waals surface area contributed by atoms with Crippen LogP contribution in [0.2, 0.25) is 0 Å².